The summed E-state index contributed by atoms with van der Waals surface area (Å²) in [5.41, 5.74) is 9.01. The third-order valence-electron chi connectivity index (χ3n) is 10.00. The van der Waals surface area contributed by atoms with Crippen molar-refractivity contribution in [3.8, 4) is 0 Å². The van der Waals surface area contributed by atoms with E-state index in [4.69, 9.17) is 0 Å². The van der Waals surface area contributed by atoms with Crippen molar-refractivity contribution in [3.05, 3.63) is 88.5 Å². The molecular formula is C34H42N4O2S. The van der Waals surface area contributed by atoms with Crippen LogP contribution < -0.4 is 9.80 Å². The SMILES string of the molecule is Cc1ccc(S(=O)(=O)N2CCc3cc(N4CCc5cc(N6CC[C@H](N7CCC[C@@H]7C)C6)ccc5C4)ccc3C2)cc1. The molecule has 7 rings (SSSR count). The first-order chi connectivity index (χ1) is 19.8. The van der Waals surface area contributed by atoms with E-state index in [9.17, 15) is 8.42 Å². The van der Waals surface area contributed by atoms with E-state index >= 15 is 0 Å². The molecule has 0 spiro atoms. The first-order valence-corrected chi connectivity index (χ1v) is 16.9. The van der Waals surface area contributed by atoms with Crippen molar-refractivity contribution >= 4 is 21.4 Å². The van der Waals surface area contributed by atoms with E-state index < -0.39 is 10.0 Å². The minimum Gasteiger partial charge on any atom is -0.370 e. The lowest BCUT2D eigenvalue weighted by Gasteiger charge is -2.34. The van der Waals surface area contributed by atoms with Crippen molar-refractivity contribution in [3.63, 3.8) is 0 Å². The van der Waals surface area contributed by atoms with Gasteiger partial charge in [-0.3, -0.25) is 4.90 Å². The molecule has 0 aliphatic carbocycles. The zero-order chi connectivity index (χ0) is 28.1. The number of fused-ring (bicyclic) bond motifs is 2. The lowest BCUT2D eigenvalue weighted by atomic mass is 9.96. The van der Waals surface area contributed by atoms with Gasteiger partial charge in [0.25, 0.3) is 0 Å². The summed E-state index contributed by atoms with van der Waals surface area (Å²) in [5, 5.41) is 0. The quantitative estimate of drug-likeness (QED) is 0.413. The Bertz CT molecular complexity index is 1540. The van der Waals surface area contributed by atoms with E-state index in [-0.39, 0.29) is 0 Å². The van der Waals surface area contributed by atoms with Crippen molar-refractivity contribution in [2.24, 2.45) is 0 Å². The largest absolute Gasteiger partial charge is 0.370 e. The van der Waals surface area contributed by atoms with Crippen molar-refractivity contribution in [2.45, 2.75) is 76.0 Å². The Balaban J connectivity index is 1.01. The molecule has 0 unspecified atom stereocenters. The summed E-state index contributed by atoms with van der Waals surface area (Å²) in [4.78, 5) is 8.21. The summed E-state index contributed by atoms with van der Waals surface area (Å²) in [6.07, 6.45) is 5.79. The van der Waals surface area contributed by atoms with Crippen LogP contribution in [0.1, 0.15) is 54.0 Å². The predicted octanol–water partition coefficient (Wildman–Crippen LogP) is 5.37. The highest BCUT2D eigenvalue weighted by Crippen LogP contribution is 2.33. The minimum absolute atomic E-state index is 0.379. The van der Waals surface area contributed by atoms with Crippen LogP contribution in [0.3, 0.4) is 0 Å². The second-order valence-corrected chi connectivity index (χ2v) is 14.5. The van der Waals surface area contributed by atoms with Crippen LogP contribution >= 0.6 is 0 Å². The van der Waals surface area contributed by atoms with Gasteiger partial charge in [0.05, 0.1) is 4.90 Å². The molecule has 6 nitrogen and oxygen atoms in total. The Morgan fingerprint density at radius 1 is 0.707 bits per heavy atom. The highest BCUT2D eigenvalue weighted by molar-refractivity contribution is 7.89. The van der Waals surface area contributed by atoms with Crippen LogP contribution in [-0.2, 0) is 36.0 Å². The predicted molar refractivity (Wildman–Crippen MR) is 166 cm³/mol. The van der Waals surface area contributed by atoms with E-state index in [2.05, 4.69) is 58.0 Å². The van der Waals surface area contributed by atoms with Crippen LogP contribution in [0.2, 0.25) is 0 Å². The summed E-state index contributed by atoms with van der Waals surface area (Å²) in [6, 6.07) is 22.4. The van der Waals surface area contributed by atoms with Gasteiger partial charge in [0.2, 0.25) is 10.0 Å². The molecule has 3 aromatic rings. The average molecular weight is 571 g/mol. The summed E-state index contributed by atoms with van der Waals surface area (Å²) in [5.74, 6) is 0. The molecule has 0 N–H and O–H groups in total. The van der Waals surface area contributed by atoms with Gasteiger partial charge in [-0.15, -0.1) is 0 Å². The smallest absolute Gasteiger partial charge is 0.243 e. The molecule has 41 heavy (non-hydrogen) atoms. The maximum absolute atomic E-state index is 13.2. The van der Waals surface area contributed by atoms with Gasteiger partial charge in [-0.2, -0.15) is 4.31 Å². The minimum atomic E-state index is -3.49. The van der Waals surface area contributed by atoms with E-state index in [1.807, 2.05) is 19.1 Å². The fourth-order valence-electron chi connectivity index (χ4n) is 7.48. The molecule has 0 amide bonds. The molecule has 0 aromatic heterocycles. The average Bonchev–Trinajstić information content (AvgIpc) is 3.65. The molecule has 4 aliphatic heterocycles. The van der Waals surface area contributed by atoms with Gasteiger partial charge in [0, 0.05) is 62.7 Å². The highest BCUT2D eigenvalue weighted by atomic mass is 32.2. The molecule has 4 aliphatic rings. The lowest BCUT2D eigenvalue weighted by Crippen LogP contribution is -2.39. The molecule has 0 radical (unpaired) electrons. The van der Waals surface area contributed by atoms with E-state index in [0.29, 0.717) is 24.0 Å². The number of nitrogens with zero attached hydrogens (tertiary/aromatic N) is 4. The van der Waals surface area contributed by atoms with Crippen molar-refractivity contribution in [1.29, 1.82) is 0 Å². The summed E-state index contributed by atoms with van der Waals surface area (Å²) < 4.78 is 28.1. The number of likely N-dealkylation sites (tertiary alicyclic amines) is 1. The zero-order valence-corrected chi connectivity index (χ0v) is 25.2. The van der Waals surface area contributed by atoms with Crippen molar-refractivity contribution < 1.29 is 8.42 Å². The highest BCUT2D eigenvalue weighted by Gasteiger charge is 2.33. The number of sulfonamides is 1. The first-order valence-electron chi connectivity index (χ1n) is 15.4. The molecule has 216 valence electrons. The van der Waals surface area contributed by atoms with Crippen LogP contribution in [-0.4, -0.2) is 62.4 Å². The number of anilines is 2. The van der Waals surface area contributed by atoms with Crippen LogP contribution in [0.5, 0.6) is 0 Å². The number of rotatable bonds is 5. The Morgan fingerprint density at radius 3 is 2.10 bits per heavy atom. The molecular weight excluding hydrogens is 528 g/mol. The Kier molecular flexibility index (Phi) is 7.08. The first kappa shape index (κ1) is 27.0. The van der Waals surface area contributed by atoms with Crippen LogP contribution in [0.15, 0.2) is 65.6 Å². The van der Waals surface area contributed by atoms with Crippen LogP contribution in [0, 0.1) is 6.92 Å². The number of hydrogen-bond donors (Lipinski definition) is 0. The van der Waals surface area contributed by atoms with E-state index in [0.717, 1.165) is 56.2 Å². The normalized spacial score (nSPS) is 23.6. The summed E-state index contributed by atoms with van der Waals surface area (Å²) in [7, 11) is -3.49. The summed E-state index contributed by atoms with van der Waals surface area (Å²) in [6.45, 7) is 10.9. The molecule has 0 bridgehead atoms. The standard InChI is InChI=1S/C34H42N4O2S/c1-25-5-11-34(12-6-25)41(39,40)37-19-14-28-21-31(10-8-30(28)23-37)35-17-13-27-20-32(9-7-29(27)22-35)36-18-15-33(24-36)38-16-3-4-26(38)2/h5-12,20-21,26,33H,3-4,13-19,22-24H2,1-2H3/t26-,33-/m0/s1. The maximum atomic E-state index is 13.2. The Hall–Kier alpha value is -2.87. The molecule has 3 aromatic carbocycles. The van der Waals surface area contributed by atoms with Gasteiger partial charge in [-0.05, 0) is 111 Å². The Morgan fingerprint density at radius 2 is 1.39 bits per heavy atom. The van der Waals surface area contributed by atoms with E-state index in [1.54, 1.807) is 16.4 Å². The van der Waals surface area contributed by atoms with Gasteiger partial charge in [0.15, 0.2) is 0 Å². The topological polar surface area (TPSA) is 47.1 Å². The maximum Gasteiger partial charge on any atom is 0.243 e. The number of benzene rings is 3. The molecule has 7 heteroatoms. The second kappa shape index (κ2) is 10.8. The summed E-state index contributed by atoms with van der Waals surface area (Å²) >= 11 is 0. The van der Waals surface area contributed by atoms with Crippen molar-refractivity contribution in [1.82, 2.24) is 9.21 Å². The van der Waals surface area contributed by atoms with Gasteiger partial charge < -0.3 is 9.80 Å². The molecule has 2 fully saturated rings. The molecule has 2 saturated heterocycles. The van der Waals surface area contributed by atoms with Crippen LogP contribution in [0.25, 0.3) is 0 Å². The van der Waals surface area contributed by atoms with Crippen molar-refractivity contribution in [2.75, 3.05) is 42.5 Å². The third-order valence-corrected chi connectivity index (χ3v) is 11.9. The fourth-order valence-corrected chi connectivity index (χ4v) is 8.89. The second-order valence-electron chi connectivity index (χ2n) is 12.6. The molecule has 4 heterocycles. The van der Waals surface area contributed by atoms with Crippen LogP contribution in [0.4, 0.5) is 11.4 Å². The lowest BCUT2D eigenvalue weighted by molar-refractivity contribution is 0.204. The number of aryl methyl sites for hydroxylation is 1. The molecule has 2 atom stereocenters. The monoisotopic (exact) mass is 570 g/mol. The third kappa shape index (κ3) is 5.17. The fraction of sp³-hybridized carbons (Fsp3) is 0.471. The van der Waals surface area contributed by atoms with E-state index in [1.165, 1.54) is 53.9 Å². The molecule has 0 saturated carbocycles. The van der Waals surface area contributed by atoms with Gasteiger partial charge in [-0.25, -0.2) is 8.42 Å². The number of hydrogen-bond acceptors (Lipinski definition) is 5. The van der Waals surface area contributed by atoms with Gasteiger partial charge in [-0.1, -0.05) is 29.8 Å². The van der Waals surface area contributed by atoms with Gasteiger partial charge >= 0.3 is 0 Å². The Labute approximate surface area is 245 Å². The zero-order valence-electron chi connectivity index (χ0n) is 24.4. The van der Waals surface area contributed by atoms with Gasteiger partial charge in [0.1, 0.15) is 0 Å².